The first-order chi connectivity index (χ1) is 5.79. The van der Waals surface area contributed by atoms with E-state index >= 15 is 0 Å². The maximum atomic E-state index is 13.4. The summed E-state index contributed by atoms with van der Waals surface area (Å²) in [5.74, 6) is 0.369. The van der Waals surface area contributed by atoms with Crippen LogP contribution in [0.15, 0.2) is 18.2 Å². The first kappa shape index (κ1) is 7.74. The van der Waals surface area contributed by atoms with Gasteiger partial charge in [-0.3, -0.25) is 0 Å². The van der Waals surface area contributed by atoms with E-state index in [1.807, 2.05) is 25.1 Å². The molecule has 1 heterocycles. The van der Waals surface area contributed by atoms with Gasteiger partial charge in [-0.05, 0) is 18.1 Å². The van der Waals surface area contributed by atoms with Gasteiger partial charge in [0.25, 0.3) is 0 Å². The van der Waals surface area contributed by atoms with Crippen LogP contribution >= 0.6 is 0 Å². The highest BCUT2D eigenvalue weighted by Crippen LogP contribution is 2.24. The molecule has 1 aromatic rings. The van der Waals surface area contributed by atoms with Crippen LogP contribution in [0.5, 0.6) is 0 Å². The minimum atomic E-state index is -0.0241. The lowest BCUT2D eigenvalue weighted by Gasteiger charge is -2.28. The van der Waals surface area contributed by atoms with E-state index in [0.29, 0.717) is 5.92 Å². The van der Waals surface area contributed by atoms with Gasteiger partial charge in [0.15, 0.2) is 0 Å². The maximum absolute atomic E-state index is 13.4. The summed E-state index contributed by atoms with van der Waals surface area (Å²) in [6.07, 6.45) is 0. The van der Waals surface area contributed by atoms with E-state index in [1.54, 1.807) is 0 Å². The van der Waals surface area contributed by atoms with Gasteiger partial charge >= 0.3 is 0 Å². The number of nitrogens with one attached hydrogen (secondary N) is 1. The monoisotopic (exact) mass is 165 g/mol. The number of aryl methyl sites for hydroxylation is 1. The van der Waals surface area contributed by atoms with Gasteiger partial charge in [-0.1, -0.05) is 18.2 Å². The highest BCUT2D eigenvalue weighted by molar-refractivity contribution is 5.29. The number of benzene rings is 1. The summed E-state index contributed by atoms with van der Waals surface area (Å²) in [7, 11) is 0. The Kier molecular flexibility index (Phi) is 1.85. The molecular formula is C10H12FN. The van der Waals surface area contributed by atoms with Crippen LogP contribution in [0.25, 0.3) is 0 Å². The van der Waals surface area contributed by atoms with E-state index in [9.17, 15) is 4.39 Å². The highest BCUT2D eigenvalue weighted by atomic mass is 19.1. The molecule has 1 aliphatic heterocycles. The Bertz CT molecular complexity index is 292. The minimum absolute atomic E-state index is 0.0241. The summed E-state index contributed by atoms with van der Waals surface area (Å²) in [4.78, 5) is 0. The number of rotatable bonds is 1. The van der Waals surface area contributed by atoms with Gasteiger partial charge < -0.3 is 5.32 Å². The van der Waals surface area contributed by atoms with Crippen molar-refractivity contribution in [2.45, 2.75) is 12.8 Å². The van der Waals surface area contributed by atoms with Crippen molar-refractivity contribution in [1.82, 2.24) is 5.32 Å². The average molecular weight is 165 g/mol. The Balaban J connectivity index is 2.36. The van der Waals surface area contributed by atoms with Crippen molar-refractivity contribution in [3.8, 4) is 0 Å². The molecule has 1 saturated heterocycles. The second kappa shape index (κ2) is 2.87. The Morgan fingerprint density at radius 1 is 1.42 bits per heavy atom. The molecule has 1 fully saturated rings. The quantitative estimate of drug-likeness (QED) is 0.669. The van der Waals surface area contributed by atoms with Gasteiger partial charge in [0.2, 0.25) is 0 Å². The fourth-order valence-corrected chi connectivity index (χ4v) is 1.49. The van der Waals surface area contributed by atoms with Crippen molar-refractivity contribution in [2.24, 2.45) is 0 Å². The molecular weight excluding hydrogens is 153 g/mol. The van der Waals surface area contributed by atoms with Crippen molar-refractivity contribution < 1.29 is 4.39 Å². The van der Waals surface area contributed by atoms with E-state index in [-0.39, 0.29) is 5.82 Å². The Morgan fingerprint density at radius 3 is 2.75 bits per heavy atom. The van der Waals surface area contributed by atoms with Crippen LogP contribution in [-0.2, 0) is 0 Å². The third kappa shape index (κ3) is 1.12. The molecule has 2 heteroatoms. The molecule has 2 rings (SSSR count). The molecule has 0 radical (unpaired) electrons. The van der Waals surface area contributed by atoms with E-state index < -0.39 is 0 Å². The Morgan fingerprint density at radius 2 is 2.17 bits per heavy atom. The second-order valence-corrected chi connectivity index (χ2v) is 3.33. The molecule has 12 heavy (non-hydrogen) atoms. The van der Waals surface area contributed by atoms with Crippen LogP contribution in [0, 0.1) is 12.7 Å². The SMILES string of the molecule is Cc1cccc(C2CNC2)c1F. The van der Waals surface area contributed by atoms with Crippen molar-refractivity contribution in [1.29, 1.82) is 0 Å². The Labute approximate surface area is 71.6 Å². The van der Waals surface area contributed by atoms with Crippen molar-refractivity contribution >= 4 is 0 Å². The summed E-state index contributed by atoms with van der Waals surface area (Å²) in [6.45, 7) is 3.64. The molecule has 0 atom stereocenters. The lowest BCUT2D eigenvalue weighted by Crippen LogP contribution is -2.40. The van der Waals surface area contributed by atoms with E-state index in [0.717, 1.165) is 24.2 Å². The topological polar surface area (TPSA) is 12.0 Å². The summed E-state index contributed by atoms with van der Waals surface area (Å²) in [6, 6.07) is 5.62. The first-order valence-corrected chi connectivity index (χ1v) is 4.25. The second-order valence-electron chi connectivity index (χ2n) is 3.33. The molecule has 0 saturated carbocycles. The van der Waals surface area contributed by atoms with Crippen LogP contribution in [0.2, 0.25) is 0 Å². The number of hydrogen-bond donors (Lipinski definition) is 1. The summed E-state index contributed by atoms with van der Waals surface area (Å²) in [5, 5.41) is 3.14. The van der Waals surface area contributed by atoms with Crippen LogP contribution in [-0.4, -0.2) is 13.1 Å². The molecule has 1 aliphatic rings. The molecule has 64 valence electrons. The lowest BCUT2D eigenvalue weighted by atomic mass is 9.92. The van der Waals surface area contributed by atoms with Crippen LogP contribution in [0.3, 0.4) is 0 Å². The number of hydrogen-bond acceptors (Lipinski definition) is 1. The normalized spacial score (nSPS) is 17.5. The lowest BCUT2D eigenvalue weighted by molar-refractivity contribution is 0.430. The average Bonchev–Trinajstić information content (AvgIpc) is 1.95. The molecule has 1 aromatic carbocycles. The van der Waals surface area contributed by atoms with Crippen LogP contribution < -0.4 is 5.32 Å². The van der Waals surface area contributed by atoms with Gasteiger partial charge in [0.1, 0.15) is 5.82 Å². The van der Waals surface area contributed by atoms with Gasteiger partial charge in [0, 0.05) is 19.0 Å². The molecule has 0 unspecified atom stereocenters. The zero-order chi connectivity index (χ0) is 8.55. The molecule has 0 bridgehead atoms. The van der Waals surface area contributed by atoms with Gasteiger partial charge in [-0.25, -0.2) is 4.39 Å². The standard InChI is InChI=1S/C10H12FN/c1-7-3-2-4-9(10(7)11)8-5-12-6-8/h2-4,8,12H,5-6H2,1H3. The van der Waals surface area contributed by atoms with E-state index in [4.69, 9.17) is 0 Å². The molecule has 0 aromatic heterocycles. The van der Waals surface area contributed by atoms with E-state index in [1.165, 1.54) is 0 Å². The van der Waals surface area contributed by atoms with Crippen LogP contribution in [0.1, 0.15) is 17.0 Å². The summed E-state index contributed by atoms with van der Waals surface area (Å²) >= 11 is 0. The van der Waals surface area contributed by atoms with Gasteiger partial charge in [-0.2, -0.15) is 0 Å². The fraction of sp³-hybridized carbons (Fsp3) is 0.400. The Hall–Kier alpha value is -0.890. The highest BCUT2D eigenvalue weighted by Gasteiger charge is 2.22. The summed E-state index contributed by atoms with van der Waals surface area (Å²) < 4.78 is 13.4. The molecule has 1 nitrogen and oxygen atoms in total. The minimum Gasteiger partial charge on any atom is -0.315 e. The zero-order valence-electron chi connectivity index (χ0n) is 7.10. The first-order valence-electron chi connectivity index (χ1n) is 4.25. The number of halogens is 1. The van der Waals surface area contributed by atoms with E-state index in [2.05, 4.69) is 5.32 Å². The molecule has 0 amide bonds. The predicted molar refractivity (Wildman–Crippen MR) is 46.7 cm³/mol. The van der Waals surface area contributed by atoms with Crippen LogP contribution in [0.4, 0.5) is 4.39 Å². The third-order valence-electron chi connectivity index (χ3n) is 2.44. The predicted octanol–water partition coefficient (Wildman–Crippen LogP) is 1.82. The third-order valence-corrected chi connectivity index (χ3v) is 2.44. The van der Waals surface area contributed by atoms with Crippen molar-refractivity contribution in [3.05, 3.63) is 35.1 Å². The maximum Gasteiger partial charge on any atom is 0.129 e. The molecule has 0 aliphatic carbocycles. The van der Waals surface area contributed by atoms with Gasteiger partial charge in [0.05, 0.1) is 0 Å². The summed E-state index contributed by atoms with van der Waals surface area (Å²) in [5.41, 5.74) is 1.62. The zero-order valence-corrected chi connectivity index (χ0v) is 7.10. The largest absolute Gasteiger partial charge is 0.315 e. The van der Waals surface area contributed by atoms with Crippen molar-refractivity contribution in [3.63, 3.8) is 0 Å². The molecule has 1 N–H and O–H groups in total. The van der Waals surface area contributed by atoms with Crippen molar-refractivity contribution in [2.75, 3.05) is 13.1 Å². The fourth-order valence-electron chi connectivity index (χ4n) is 1.49. The van der Waals surface area contributed by atoms with Gasteiger partial charge in [-0.15, -0.1) is 0 Å². The smallest absolute Gasteiger partial charge is 0.129 e. The molecule has 0 spiro atoms.